The van der Waals surface area contributed by atoms with Gasteiger partial charge in [0.2, 0.25) is 0 Å². The van der Waals surface area contributed by atoms with E-state index in [9.17, 15) is 4.79 Å². The van der Waals surface area contributed by atoms with Crippen molar-refractivity contribution in [3.05, 3.63) is 87.5 Å². The standard InChI is InChI=1S/C26H26BrN3O5/c1-16-25(17(2)30(29-16)14-18-5-11-22(32-3)24(13-18)33-4)28-26(31)23-12-10-21(35-23)15-34-20-8-6-19(27)7-9-20/h5-13H,14-15H2,1-4H3,(H,28,31). The van der Waals surface area contributed by atoms with Crippen molar-refractivity contribution in [1.29, 1.82) is 0 Å². The van der Waals surface area contributed by atoms with E-state index in [2.05, 4.69) is 26.3 Å². The highest BCUT2D eigenvalue weighted by molar-refractivity contribution is 9.10. The molecule has 1 N–H and O–H groups in total. The molecular weight excluding hydrogens is 514 g/mol. The molecule has 4 aromatic rings. The van der Waals surface area contributed by atoms with Gasteiger partial charge in [0.25, 0.3) is 5.91 Å². The average Bonchev–Trinajstić information content (AvgIpc) is 3.44. The monoisotopic (exact) mass is 539 g/mol. The van der Waals surface area contributed by atoms with Gasteiger partial charge in [0, 0.05) is 4.47 Å². The minimum absolute atomic E-state index is 0.200. The molecule has 0 aliphatic heterocycles. The van der Waals surface area contributed by atoms with Crippen LogP contribution in [0.2, 0.25) is 0 Å². The van der Waals surface area contributed by atoms with Crippen LogP contribution in [0.3, 0.4) is 0 Å². The number of amides is 1. The van der Waals surface area contributed by atoms with Gasteiger partial charge in [-0.25, -0.2) is 0 Å². The van der Waals surface area contributed by atoms with Gasteiger partial charge in [-0.3, -0.25) is 9.48 Å². The molecule has 0 saturated heterocycles. The van der Waals surface area contributed by atoms with E-state index in [0.717, 1.165) is 15.7 Å². The number of rotatable bonds is 9. The average molecular weight is 540 g/mol. The number of furan rings is 1. The van der Waals surface area contributed by atoms with Crippen LogP contribution in [0.15, 0.2) is 63.5 Å². The smallest absolute Gasteiger partial charge is 0.291 e. The van der Waals surface area contributed by atoms with Crippen LogP contribution >= 0.6 is 15.9 Å². The van der Waals surface area contributed by atoms with Gasteiger partial charge in [-0.15, -0.1) is 0 Å². The summed E-state index contributed by atoms with van der Waals surface area (Å²) in [5.74, 6) is 2.43. The van der Waals surface area contributed by atoms with Crippen LogP contribution in [0.1, 0.15) is 33.3 Å². The van der Waals surface area contributed by atoms with Crippen molar-refractivity contribution in [3.8, 4) is 17.2 Å². The van der Waals surface area contributed by atoms with Crippen molar-refractivity contribution in [2.45, 2.75) is 27.0 Å². The molecule has 2 aromatic heterocycles. The number of anilines is 1. The summed E-state index contributed by atoms with van der Waals surface area (Å²) < 4.78 is 24.9. The lowest BCUT2D eigenvalue weighted by Crippen LogP contribution is -2.12. The highest BCUT2D eigenvalue weighted by Gasteiger charge is 2.18. The highest BCUT2D eigenvalue weighted by atomic mass is 79.9. The summed E-state index contributed by atoms with van der Waals surface area (Å²) in [6.07, 6.45) is 0. The van der Waals surface area contributed by atoms with Crippen LogP contribution in [-0.4, -0.2) is 29.9 Å². The normalized spacial score (nSPS) is 10.8. The zero-order valence-corrected chi connectivity index (χ0v) is 21.5. The second-order valence-corrected chi connectivity index (χ2v) is 8.77. The Bertz CT molecular complexity index is 1330. The molecule has 0 fully saturated rings. The third kappa shape index (κ3) is 5.68. The molecule has 8 nitrogen and oxygen atoms in total. The Kier molecular flexibility index (Phi) is 7.45. The quantitative estimate of drug-likeness (QED) is 0.291. The second kappa shape index (κ2) is 10.7. The fourth-order valence-electron chi connectivity index (χ4n) is 3.62. The Balaban J connectivity index is 1.42. The molecule has 0 atom stereocenters. The molecule has 0 bridgehead atoms. The summed E-state index contributed by atoms with van der Waals surface area (Å²) in [5, 5.41) is 7.53. The van der Waals surface area contributed by atoms with Gasteiger partial charge in [0.1, 0.15) is 18.1 Å². The maximum absolute atomic E-state index is 12.8. The van der Waals surface area contributed by atoms with E-state index < -0.39 is 0 Å². The highest BCUT2D eigenvalue weighted by Crippen LogP contribution is 2.29. The maximum Gasteiger partial charge on any atom is 0.291 e. The molecule has 0 aliphatic carbocycles. The van der Waals surface area contributed by atoms with Crippen molar-refractivity contribution in [2.24, 2.45) is 0 Å². The van der Waals surface area contributed by atoms with E-state index in [1.54, 1.807) is 26.4 Å². The molecule has 182 valence electrons. The Morgan fingerprint density at radius 1 is 1.03 bits per heavy atom. The van der Waals surface area contributed by atoms with Gasteiger partial charge in [-0.05, 0) is 67.9 Å². The number of nitrogens with zero attached hydrogens (tertiary/aromatic N) is 2. The van der Waals surface area contributed by atoms with E-state index >= 15 is 0 Å². The number of halogens is 1. The van der Waals surface area contributed by atoms with Crippen LogP contribution in [0.5, 0.6) is 17.2 Å². The predicted octanol–water partition coefficient (Wildman–Crippen LogP) is 5.75. The minimum atomic E-state index is -0.350. The van der Waals surface area contributed by atoms with Crippen LogP contribution < -0.4 is 19.5 Å². The summed E-state index contributed by atoms with van der Waals surface area (Å²) in [4.78, 5) is 12.8. The fourth-order valence-corrected chi connectivity index (χ4v) is 3.89. The van der Waals surface area contributed by atoms with Gasteiger partial charge in [-0.2, -0.15) is 5.10 Å². The number of carbonyl (C=O) groups excluding carboxylic acids is 1. The zero-order valence-electron chi connectivity index (χ0n) is 19.9. The molecule has 9 heteroatoms. The first kappa shape index (κ1) is 24.4. The summed E-state index contributed by atoms with van der Waals surface area (Å²) in [7, 11) is 3.20. The Hall–Kier alpha value is -3.72. The molecule has 2 aromatic carbocycles. The number of aryl methyl sites for hydroxylation is 1. The van der Waals surface area contributed by atoms with Gasteiger partial charge < -0.3 is 23.9 Å². The van der Waals surface area contributed by atoms with Crippen molar-refractivity contribution in [3.63, 3.8) is 0 Å². The first-order chi connectivity index (χ1) is 16.9. The molecule has 0 spiro atoms. The largest absolute Gasteiger partial charge is 0.493 e. The maximum atomic E-state index is 12.8. The molecule has 0 saturated carbocycles. The lowest BCUT2D eigenvalue weighted by atomic mass is 10.2. The van der Waals surface area contributed by atoms with Crippen LogP contribution in [0.4, 0.5) is 5.69 Å². The number of ether oxygens (including phenoxy) is 3. The predicted molar refractivity (Wildman–Crippen MR) is 135 cm³/mol. The lowest BCUT2D eigenvalue weighted by molar-refractivity contribution is 0.0992. The first-order valence-corrected chi connectivity index (χ1v) is 11.7. The Morgan fingerprint density at radius 2 is 1.77 bits per heavy atom. The third-order valence-corrected chi connectivity index (χ3v) is 6.01. The van der Waals surface area contributed by atoms with E-state index in [1.807, 2.05) is 61.0 Å². The number of hydrogen-bond acceptors (Lipinski definition) is 6. The number of carbonyl (C=O) groups is 1. The topological polar surface area (TPSA) is 87.8 Å². The zero-order chi connectivity index (χ0) is 24.9. The molecule has 0 aliphatic rings. The first-order valence-electron chi connectivity index (χ1n) is 10.9. The fraction of sp³-hybridized carbons (Fsp3) is 0.231. The number of hydrogen-bond donors (Lipinski definition) is 1. The summed E-state index contributed by atoms with van der Waals surface area (Å²) in [5.41, 5.74) is 3.18. The number of aromatic nitrogens is 2. The van der Waals surface area contributed by atoms with Crippen LogP contribution in [0, 0.1) is 13.8 Å². The van der Waals surface area contributed by atoms with Crippen molar-refractivity contribution in [2.75, 3.05) is 19.5 Å². The molecule has 4 rings (SSSR count). The second-order valence-electron chi connectivity index (χ2n) is 7.86. The Morgan fingerprint density at radius 3 is 2.49 bits per heavy atom. The minimum Gasteiger partial charge on any atom is -0.493 e. The number of methoxy groups -OCH3 is 2. The summed E-state index contributed by atoms with van der Waals surface area (Å²) in [6.45, 7) is 4.50. The summed E-state index contributed by atoms with van der Waals surface area (Å²) >= 11 is 3.39. The molecular formula is C26H26BrN3O5. The van der Waals surface area contributed by atoms with Crippen LogP contribution in [0.25, 0.3) is 0 Å². The van der Waals surface area contributed by atoms with Crippen molar-refractivity contribution in [1.82, 2.24) is 9.78 Å². The number of nitrogens with one attached hydrogen (secondary N) is 1. The van der Waals surface area contributed by atoms with E-state index in [1.165, 1.54) is 0 Å². The molecule has 0 radical (unpaired) electrons. The van der Waals surface area contributed by atoms with Gasteiger partial charge in [0.05, 0.1) is 37.8 Å². The third-order valence-electron chi connectivity index (χ3n) is 5.48. The van der Waals surface area contributed by atoms with E-state index in [0.29, 0.717) is 40.9 Å². The van der Waals surface area contributed by atoms with Crippen molar-refractivity contribution < 1.29 is 23.4 Å². The lowest BCUT2D eigenvalue weighted by Gasteiger charge is -2.11. The van der Waals surface area contributed by atoms with Crippen molar-refractivity contribution >= 4 is 27.5 Å². The van der Waals surface area contributed by atoms with Crippen LogP contribution in [-0.2, 0) is 13.2 Å². The molecule has 35 heavy (non-hydrogen) atoms. The molecule has 1 amide bonds. The van der Waals surface area contributed by atoms with Gasteiger partial charge >= 0.3 is 0 Å². The SMILES string of the molecule is COc1ccc(Cn2nc(C)c(NC(=O)c3ccc(COc4ccc(Br)cc4)o3)c2C)cc1OC. The van der Waals surface area contributed by atoms with Gasteiger partial charge in [0.15, 0.2) is 17.3 Å². The van der Waals surface area contributed by atoms with E-state index in [-0.39, 0.29) is 18.3 Å². The molecule has 0 unspecified atom stereocenters. The van der Waals surface area contributed by atoms with E-state index in [4.69, 9.17) is 18.6 Å². The Labute approximate surface area is 211 Å². The summed E-state index contributed by atoms with van der Waals surface area (Å²) in [6, 6.07) is 16.6. The molecule has 2 heterocycles. The van der Waals surface area contributed by atoms with Gasteiger partial charge in [-0.1, -0.05) is 22.0 Å². The number of benzene rings is 2.